The Morgan fingerprint density at radius 3 is 1.49 bits per heavy atom. The Hall–Kier alpha value is -2.62. The second-order valence-electron chi connectivity index (χ2n) is 11.3. The van der Waals surface area contributed by atoms with Crippen molar-refractivity contribution >= 4 is 11.9 Å². The second-order valence-corrected chi connectivity index (χ2v) is 11.3. The van der Waals surface area contributed by atoms with Crippen LogP contribution in [0.25, 0.3) is 0 Å². The Bertz CT molecular complexity index is 815. The van der Waals surface area contributed by atoms with Crippen molar-refractivity contribution in [1.29, 1.82) is 0 Å². The molecular formula is C39H64O4. The zero-order chi connectivity index (χ0) is 31.5. The fraction of sp³-hybridized carbons (Fsp3) is 0.641. The molecule has 0 amide bonds. The molecule has 4 heteroatoms. The number of aliphatic carboxylic acids is 1. The fourth-order valence-electron chi connectivity index (χ4n) is 4.66. The topological polar surface area (TPSA) is 63.6 Å². The van der Waals surface area contributed by atoms with Gasteiger partial charge in [0.2, 0.25) is 0 Å². The van der Waals surface area contributed by atoms with Crippen LogP contribution in [0, 0.1) is 0 Å². The summed E-state index contributed by atoms with van der Waals surface area (Å²) in [6.45, 7) is 4.38. The lowest BCUT2D eigenvalue weighted by Crippen LogP contribution is -2.18. The van der Waals surface area contributed by atoms with E-state index >= 15 is 0 Å². The van der Waals surface area contributed by atoms with E-state index in [4.69, 9.17) is 9.84 Å². The smallest absolute Gasteiger partial charge is 0.306 e. The molecule has 0 aliphatic carbocycles. The number of rotatable bonds is 30. The summed E-state index contributed by atoms with van der Waals surface area (Å²) in [5.74, 6) is -0.816. The number of hydrogen-bond acceptors (Lipinski definition) is 3. The van der Waals surface area contributed by atoms with Gasteiger partial charge in [0.25, 0.3) is 0 Å². The largest absolute Gasteiger partial charge is 0.481 e. The first kappa shape index (κ1) is 40.4. The number of carboxylic acid groups (broad SMARTS) is 1. The first-order valence-electron chi connectivity index (χ1n) is 17.4. The van der Waals surface area contributed by atoms with Gasteiger partial charge in [0, 0.05) is 12.8 Å². The van der Waals surface area contributed by atoms with Crippen molar-refractivity contribution in [3.05, 3.63) is 72.9 Å². The number of carbonyl (C=O) groups excluding carboxylic acids is 1. The molecule has 0 aliphatic rings. The molecule has 0 aromatic heterocycles. The lowest BCUT2D eigenvalue weighted by Gasteiger charge is -2.18. The minimum atomic E-state index is -0.737. The summed E-state index contributed by atoms with van der Waals surface area (Å²) in [5.41, 5.74) is 0. The van der Waals surface area contributed by atoms with E-state index in [1.807, 2.05) is 0 Å². The van der Waals surface area contributed by atoms with Crippen LogP contribution in [-0.4, -0.2) is 23.1 Å². The molecular weight excluding hydrogens is 532 g/mol. The second kappa shape index (κ2) is 33.9. The van der Waals surface area contributed by atoms with Gasteiger partial charge in [-0.2, -0.15) is 0 Å². The highest BCUT2D eigenvalue weighted by Crippen LogP contribution is 2.17. The van der Waals surface area contributed by atoms with Gasteiger partial charge in [0.1, 0.15) is 6.10 Å². The standard InChI is InChI=1S/C39H64O4/c1-3-5-7-9-11-12-13-14-15-16-17-18-19-20-21-22-23-24-25-27-32-36-39(42)43-37(33-29-26-10-8-6-4-2)34-30-28-31-35-38(40)41/h5,7,11-12,14-15,17-18,20-21,23-24,37H,3-4,6,8-10,13,16,19,22,25-36H2,1-2H3,(H,40,41)/b7-5-,12-11-,15-14-,18-17-,21-20-,24-23-. The lowest BCUT2D eigenvalue weighted by molar-refractivity contribution is -0.150. The first-order chi connectivity index (χ1) is 21.1. The van der Waals surface area contributed by atoms with Crippen LogP contribution in [0.15, 0.2) is 72.9 Å². The molecule has 0 aliphatic heterocycles. The molecule has 43 heavy (non-hydrogen) atoms. The van der Waals surface area contributed by atoms with E-state index in [2.05, 4.69) is 86.8 Å². The van der Waals surface area contributed by atoms with Gasteiger partial charge in [-0.25, -0.2) is 0 Å². The molecule has 0 aromatic rings. The number of carboxylic acids is 1. The molecule has 0 spiro atoms. The van der Waals surface area contributed by atoms with Gasteiger partial charge in [0.05, 0.1) is 0 Å². The van der Waals surface area contributed by atoms with Gasteiger partial charge in [0.15, 0.2) is 0 Å². The molecule has 0 fully saturated rings. The van der Waals surface area contributed by atoms with Crippen LogP contribution in [0.1, 0.15) is 155 Å². The molecule has 1 N–H and O–H groups in total. The van der Waals surface area contributed by atoms with Crippen molar-refractivity contribution in [2.24, 2.45) is 0 Å². The Kier molecular flexibility index (Phi) is 31.8. The highest BCUT2D eigenvalue weighted by Gasteiger charge is 2.14. The average molecular weight is 597 g/mol. The highest BCUT2D eigenvalue weighted by molar-refractivity contribution is 5.69. The van der Waals surface area contributed by atoms with Crippen molar-refractivity contribution in [3.63, 3.8) is 0 Å². The van der Waals surface area contributed by atoms with E-state index in [1.54, 1.807) is 0 Å². The molecule has 0 rings (SSSR count). The molecule has 4 nitrogen and oxygen atoms in total. The van der Waals surface area contributed by atoms with Crippen LogP contribution in [-0.2, 0) is 14.3 Å². The summed E-state index contributed by atoms with van der Waals surface area (Å²) < 4.78 is 5.85. The molecule has 244 valence electrons. The summed E-state index contributed by atoms with van der Waals surface area (Å²) in [6.07, 6.45) is 47.7. The fourth-order valence-corrected chi connectivity index (χ4v) is 4.66. The zero-order valence-electron chi connectivity index (χ0n) is 27.7. The molecule has 0 radical (unpaired) electrons. The van der Waals surface area contributed by atoms with Crippen molar-refractivity contribution in [2.45, 2.75) is 161 Å². The lowest BCUT2D eigenvalue weighted by atomic mass is 10.0. The zero-order valence-corrected chi connectivity index (χ0v) is 27.7. The van der Waals surface area contributed by atoms with Crippen molar-refractivity contribution in [3.8, 4) is 0 Å². The number of esters is 1. The van der Waals surface area contributed by atoms with Crippen LogP contribution in [0.4, 0.5) is 0 Å². The maximum atomic E-state index is 12.5. The number of ether oxygens (including phenoxy) is 1. The molecule has 1 atom stereocenters. The molecule has 0 saturated heterocycles. The quantitative estimate of drug-likeness (QED) is 0.0509. The van der Waals surface area contributed by atoms with Gasteiger partial charge in [-0.15, -0.1) is 0 Å². The SMILES string of the molecule is CC/C=C\C/C=C\C/C=C\C/C=C\C/C=C\C/C=C\CCCCC(=O)OC(CCCCCCCC)CCCCCC(=O)O. The van der Waals surface area contributed by atoms with Gasteiger partial charge in [-0.05, 0) is 89.9 Å². The summed E-state index contributed by atoms with van der Waals surface area (Å²) in [7, 11) is 0. The number of unbranched alkanes of at least 4 members (excludes halogenated alkanes) is 9. The normalized spacial score (nSPS) is 13.2. The van der Waals surface area contributed by atoms with Crippen LogP contribution < -0.4 is 0 Å². The molecule has 0 heterocycles. The number of carbonyl (C=O) groups is 2. The predicted molar refractivity (Wildman–Crippen MR) is 185 cm³/mol. The first-order valence-corrected chi connectivity index (χ1v) is 17.4. The summed E-state index contributed by atoms with van der Waals surface area (Å²) >= 11 is 0. The molecule has 1 unspecified atom stereocenters. The third-order valence-corrected chi connectivity index (χ3v) is 7.19. The minimum Gasteiger partial charge on any atom is -0.481 e. The van der Waals surface area contributed by atoms with Crippen molar-refractivity contribution < 1.29 is 19.4 Å². The highest BCUT2D eigenvalue weighted by atomic mass is 16.5. The molecule has 0 saturated carbocycles. The summed E-state index contributed by atoms with van der Waals surface area (Å²) in [6, 6.07) is 0. The Labute approximate surface area is 265 Å². The number of hydrogen-bond donors (Lipinski definition) is 1. The van der Waals surface area contributed by atoms with E-state index in [1.165, 1.54) is 32.1 Å². The predicted octanol–water partition coefficient (Wildman–Crippen LogP) is 11.9. The maximum absolute atomic E-state index is 12.5. The van der Waals surface area contributed by atoms with Gasteiger partial charge in [-0.3, -0.25) is 9.59 Å². The third-order valence-electron chi connectivity index (χ3n) is 7.19. The van der Waals surface area contributed by atoms with Crippen LogP contribution in [0.3, 0.4) is 0 Å². The third kappa shape index (κ3) is 33.7. The van der Waals surface area contributed by atoms with E-state index in [-0.39, 0.29) is 18.5 Å². The van der Waals surface area contributed by atoms with E-state index < -0.39 is 5.97 Å². The Balaban J connectivity index is 3.97. The molecule has 0 bridgehead atoms. The minimum absolute atomic E-state index is 0.0214. The average Bonchev–Trinajstić information content (AvgIpc) is 2.99. The van der Waals surface area contributed by atoms with Crippen LogP contribution in [0.2, 0.25) is 0 Å². The van der Waals surface area contributed by atoms with Gasteiger partial charge in [-0.1, -0.05) is 125 Å². The summed E-state index contributed by atoms with van der Waals surface area (Å²) in [4.78, 5) is 23.2. The van der Waals surface area contributed by atoms with Crippen molar-refractivity contribution in [2.75, 3.05) is 0 Å². The van der Waals surface area contributed by atoms with Crippen LogP contribution in [0.5, 0.6) is 0 Å². The van der Waals surface area contributed by atoms with Crippen molar-refractivity contribution in [1.82, 2.24) is 0 Å². The van der Waals surface area contributed by atoms with Crippen LogP contribution >= 0.6 is 0 Å². The van der Waals surface area contributed by atoms with Gasteiger partial charge < -0.3 is 9.84 Å². The number of allylic oxidation sites excluding steroid dienone is 12. The maximum Gasteiger partial charge on any atom is 0.306 e. The Morgan fingerprint density at radius 2 is 0.977 bits per heavy atom. The molecule has 0 aromatic carbocycles. The van der Waals surface area contributed by atoms with E-state index in [0.717, 1.165) is 89.9 Å². The summed E-state index contributed by atoms with van der Waals surface area (Å²) in [5, 5.41) is 8.82. The van der Waals surface area contributed by atoms with E-state index in [9.17, 15) is 9.59 Å². The monoisotopic (exact) mass is 596 g/mol. The Morgan fingerprint density at radius 1 is 0.535 bits per heavy atom. The van der Waals surface area contributed by atoms with E-state index in [0.29, 0.717) is 12.8 Å². The van der Waals surface area contributed by atoms with Gasteiger partial charge >= 0.3 is 11.9 Å².